The fourth-order valence-corrected chi connectivity index (χ4v) is 3.67. The van der Waals surface area contributed by atoms with Crippen LogP contribution in [0, 0.1) is 7.14 Å². The molecule has 2 aromatic carbocycles. The highest BCUT2D eigenvalue weighted by Gasteiger charge is 2.06. The van der Waals surface area contributed by atoms with Gasteiger partial charge in [-0.2, -0.15) is 8.42 Å². The van der Waals surface area contributed by atoms with E-state index in [0.29, 0.717) is 0 Å². The van der Waals surface area contributed by atoms with Gasteiger partial charge in [0.2, 0.25) is 0 Å². The summed E-state index contributed by atoms with van der Waals surface area (Å²) in [5, 5.41) is 8.81. The Balaban J connectivity index is 0.000000254. The van der Waals surface area contributed by atoms with Crippen molar-refractivity contribution >= 4 is 87.2 Å². The molecule has 0 heterocycles. The van der Waals surface area contributed by atoms with Crippen LogP contribution in [-0.2, 0) is 27.5 Å². The van der Waals surface area contributed by atoms with Crippen LogP contribution in [0.15, 0.2) is 45.3 Å². The van der Waals surface area contributed by atoms with Gasteiger partial charge in [0.15, 0.2) is 0 Å². The minimum Gasteiger partial charge on any atom is -0.392 e. The maximum absolute atomic E-state index is 10.8. The number of aliphatic hydroxyl groups is 1. The lowest BCUT2D eigenvalue weighted by Crippen LogP contribution is -2.03. The van der Waals surface area contributed by atoms with Crippen LogP contribution in [-0.4, -0.2) is 19.8 Å². The third-order valence-corrected chi connectivity index (χ3v) is 6.05. The van der Waals surface area contributed by atoms with Gasteiger partial charge in [-0.25, -0.2) is 0 Å². The van der Waals surface area contributed by atoms with E-state index in [2.05, 4.69) is 77.0 Å². The van der Waals surface area contributed by atoms with Crippen LogP contribution in [0.25, 0.3) is 0 Å². The molecule has 0 aromatic heterocycles. The molecule has 0 radical (unpaired) electrons. The van der Waals surface area contributed by atoms with Crippen LogP contribution < -0.4 is 0 Å². The predicted octanol–water partition coefficient (Wildman–Crippen LogP) is 5.08. The molecule has 0 atom stereocenters. The zero-order valence-electron chi connectivity index (χ0n) is 12.5. The number of benzene rings is 2. The first-order chi connectivity index (χ1) is 11.1. The van der Waals surface area contributed by atoms with Crippen molar-refractivity contribution in [2.45, 2.75) is 13.2 Å². The molecule has 0 amide bonds. The van der Waals surface area contributed by atoms with E-state index in [1.54, 1.807) is 0 Å². The lowest BCUT2D eigenvalue weighted by atomic mass is 10.2. The first kappa shape index (κ1) is 22.8. The fourth-order valence-electron chi connectivity index (χ4n) is 1.49. The molecule has 2 rings (SSSR count). The summed E-state index contributed by atoms with van der Waals surface area (Å²) in [4.78, 5) is 0. The van der Waals surface area contributed by atoms with Gasteiger partial charge in [-0.1, -0.05) is 31.9 Å². The van der Waals surface area contributed by atoms with E-state index in [9.17, 15) is 8.42 Å². The minimum absolute atomic E-state index is 0.0657. The number of hydrogen-bond acceptors (Lipinski definition) is 4. The summed E-state index contributed by atoms with van der Waals surface area (Å²) in [5.41, 5.74) is 1.76. The van der Waals surface area contributed by atoms with Crippen LogP contribution in [0.2, 0.25) is 0 Å². The second-order valence-corrected chi connectivity index (χ2v) is 10.4. The van der Waals surface area contributed by atoms with Gasteiger partial charge in [-0.3, -0.25) is 4.18 Å². The van der Waals surface area contributed by atoms with Crippen LogP contribution >= 0.6 is 77.0 Å². The average molecular weight is 704 g/mol. The Morgan fingerprint density at radius 1 is 1.00 bits per heavy atom. The maximum atomic E-state index is 10.8. The first-order valence-corrected chi connectivity index (χ1v) is 12.0. The van der Waals surface area contributed by atoms with Crippen molar-refractivity contribution in [3.63, 3.8) is 0 Å². The molecule has 1 N–H and O–H groups in total. The van der Waals surface area contributed by atoms with Gasteiger partial charge in [0, 0.05) is 16.1 Å². The molecule has 0 aliphatic heterocycles. The van der Waals surface area contributed by atoms with Gasteiger partial charge < -0.3 is 5.11 Å². The molecule has 0 fully saturated rings. The molecule has 0 unspecified atom stereocenters. The molecule has 4 nitrogen and oxygen atoms in total. The molecule has 0 aliphatic carbocycles. The lowest BCUT2D eigenvalue weighted by molar-refractivity contribution is 0.281. The van der Waals surface area contributed by atoms with Gasteiger partial charge in [0.05, 0.1) is 19.5 Å². The van der Waals surface area contributed by atoms with Crippen molar-refractivity contribution < 1.29 is 17.7 Å². The predicted molar refractivity (Wildman–Crippen MR) is 119 cm³/mol. The quantitative estimate of drug-likeness (QED) is 0.357. The normalized spacial score (nSPS) is 10.9. The summed E-state index contributed by atoms with van der Waals surface area (Å²) in [5.74, 6) is 0. The molecule has 132 valence electrons. The highest BCUT2D eigenvalue weighted by molar-refractivity contribution is 14.1. The number of hydrogen-bond donors (Lipinski definition) is 1. The summed E-state index contributed by atoms with van der Waals surface area (Å²) < 4.78 is 30.2. The zero-order valence-corrected chi connectivity index (χ0v) is 20.8. The van der Waals surface area contributed by atoms with Crippen LogP contribution in [0.1, 0.15) is 11.1 Å². The Morgan fingerprint density at radius 2 is 1.46 bits per heavy atom. The largest absolute Gasteiger partial charge is 0.392 e. The third-order valence-electron chi connectivity index (χ3n) is 2.61. The number of rotatable bonds is 4. The van der Waals surface area contributed by atoms with Crippen molar-refractivity contribution in [2.75, 3.05) is 6.26 Å². The smallest absolute Gasteiger partial charge is 0.264 e. The van der Waals surface area contributed by atoms with Crippen LogP contribution in [0.4, 0.5) is 0 Å². The second-order valence-electron chi connectivity index (χ2n) is 4.60. The fraction of sp³-hybridized carbons (Fsp3) is 0.200. The van der Waals surface area contributed by atoms with Crippen LogP contribution in [0.3, 0.4) is 0 Å². The van der Waals surface area contributed by atoms with E-state index in [4.69, 9.17) is 9.29 Å². The molecule has 2 aromatic rings. The maximum Gasteiger partial charge on any atom is 0.264 e. The van der Waals surface area contributed by atoms with Crippen molar-refractivity contribution in [1.82, 2.24) is 0 Å². The van der Waals surface area contributed by atoms with Crippen molar-refractivity contribution in [3.05, 3.63) is 63.6 Å². The first-order valence-electron chi connectivity index (χ1n) is 6.45. The summed E-state index contributed by atoms with van der Waals surface area (Å²) in [6.45, 7) is 0.160. The van der Waals surface area contributed by atoms with Gasteiger partial charge in [0.25, 0.3) is 10.1 Å². The van der Waals surface area contributed by atoms with Crippen molar-refractivity contribution in [2.24, 2.45) is 0 Å². The van der Waals surface area contributed by atoms with E-state index in [1.807, 2.05) is 36.4 Å². The summed E-state index contributed by atoms with van der Waals surface area (Å²) in [6.07, 6.45) is 1.04. The Bertz CT molecular complexity index is 798. The van der Waals surface area contributed by atoms with Gasteiger partial charge in [-0.15, -0.1) is 0 Å². The zero-order chi connectivity index (χ0) is 18.3. The number of halogens is 4. The standard InChI is InChI=1S/C8H8BrIO3S.C7H6BrIO/c1-14(11,12)13-5-6-4-7(10)2-3-8(6)9;8-7-2-1-6(9)3-5(7)4-10/h2-4H,5H2,1H3;1-3,10H,4H2. The van der Waals surface area contributed by atoms with E-state index < -0.39 is 10.1 Å². The van der Waals surface area contributed by atoms with E-state index in [0.717, 1.165) is 33.5 Å². The second kappa shape index (κ2) is 10.8. The Hall–Kier alpha value is 0.730. The topological polar surface area (TPSA) is 63.6 Å². The Labute approximate surface area is 186 Å². The van der Waals surface area contributed by atoms with Gasteiger partial charge in [-0.05, 0) is 92.7 Å². The van der Waals surface area contributed by atoms with Crippen LogP contribution in [0.5, 0.6) is 0 Å². The molecule has 0 saturated carbocycles. The highest BCUT2D eigenvalue weighted by atomic mass is 127. The number of aliphatic hydroxyl groups excluding tert-OH is 1. The monoisotopic (exact) mass is 702 g/mol. The molecule has 0 bridgehead atoms. The van der Waals surface area contributed by atoms with Gasteiger partial charge >= 0.3 is 0 Å². The Morgan fingerprint density at radius 3 is 1.88 bits per heavy atom. The molecule has 0 aliphatic rings. The van der Waals surface area contributed by atoms with Crippen molar-refractivity contribution in [1.29, 1.82) is 0 Å². The Kier molecular flexibility index (Phi) is 10.2. The van der Waals surface area contributed by atoms with Gasteiger partial charge in [0.1, 0.15) is 0 Å². The van der Waals surface area contributed by atoms with Crippen molar-refractivity contribution in [3.8, 4) is 0 Å². The molecule has 0 saturated heterocycles. The molecule has 0 spiro atoms. The minimum atomic E-state index is -3.38. The molecule has 24 heavy (non-hydrogen) atoms. The SMILES string of the molecule is CS(=O)(=O)OCc1cc(I)ccc1Br.OCc1cc(I)ccc1Br. The summed E-state index contributed by atoms with van der Waals surface area (Å²) >= 11 is 11.0. The summed E-state index contributed by atoms with van der Waals surface area (Å²) in [7, 11) is -3.38. The molecular formula is C15H14Br2I2O4S. The molecule has 9 heteroatoms. The average Bonchev–Trinajstić information content (AvgIpc) is 2.50. The molecular weight excluding hydrogens is 690 g/mol. The van der Waals surface area contributed by atoms with E-state index in [1.165, 1.54) is 0 Å². The lowest BCUT2D eigenvalue weighted by Gasteiger charge is -2.04. The van der Waals surface area contributed by atoms with E-state index in [-0.39, 0.29) is 13.2 Å². The summed E-state index contributed by atoms with van der Waals surface area (Å²) in [6, 6.07) is 11.5. The van der Waals surface area contributed by atoms with E-state index >= 15 is 0 Å². The third kappa shape index (κ3) is 8.90. The highest BCUT2D eigenvalue weighted by Crippen LogP contribution is 2.21.